The van der Waals surface area contributed by atoms with Crippen molar-refractivity contribution in [1.82, 2.24) is 19.7 Å². The van der Waals surface area contributed by atoms with E-state index in [0.717, 1.165) is 66.8 Å². The fraction of sp³-hybridized carbons (Fsp3) is 0.360. The van der Waals surface area contributed by atoms with E-state index in [4.69, 9.17) is 0 Å². The average molecular weight is 501 g/mol. The number of halogens is 1. The van der Waals surface area contributed by atoms with Crippen LogP contribution >= 0.6 is 11.8 Å². The quantitative estimate of drug-likeness (QED) is 0.343. The van der Waals surface area contributed by atoms with Gasteiger partial charge in [-0.05, 0) is 72.8 Å². The molecule has 4 rings (SSSR count). The standard InChI is InChI=1S/C25H29FN4O2S2/c1-29-24(11-6-19-4-8-22(26)9-5-19)27-28-25(29)33-17-3-14-30-15-12-20-7-10-23(34(2,31)32)18-21(20)13-16-30/h4-11,18H,3,12-17H2,1-2H3/b11-6+. The molecule has 0 unspecified atom stereocenters. The average Bonchev–Trinajstić information content (AvgIpc) is 3.03. The van der Waals surface area contributed by atoms with Crippen molar-refractivity contribution >= 4 is 33.8 Å². The van der Waals surface area contributed by atoms with Gasteiger partial charge in [-0.2, -0.15) is 0 Å². The van der Waals surface area contributed by atoms with Crippen molar-refractivity contribution in [2.45, 2.75) is 29.3 Å². The molecule has 2 heterocycles. The smallest absolute Gasteiger partial charge is 0.191 e. The third-order valence-corrected chi connectivity index (χ3v) is 8.23. The zero-order valence-electron chi connectivity index (χ0n) is 19.4. The second kappa shape index (κ2) is 10.8. The molecular weight excluding hydrogens is 471 g/mol. The van der Waals surface area contributed by atoms with E-state index in [1.165, 1.54) is 24.0 Å². The maximum Gasteiger partial charge on any atom is 0.191 e. The van der Waals surface area contributed by atoms with Gasteiger partial charge in [0.2, 0.25) is 0 Å². The normalized spacial score (nSPS) is 14.9. The van der Waals surface area contributed by atoms with Crippen LogP contribution in [0.4, 0.5) is 4.39 Å². The predicted molar refractivity (Wildman–Crippen MR) is 135 cm³/mol. The Labute approximate surface area is 204 Å². The molecular formula is C25H29FN4O2S2. The summed E-state index contributed by atoms with van der Waals surface area (Å²) in [5, 5.41) is 9.42. The lowest BCUT2D eigenvalue weighted by Gasteiger charge is -2.19. The number of hydrogen-bond donors (Lipinski definition) is 0. The SMILES string of the molecule is Cn1c(/C=C/c2ccc(F)cc2)nnc1SCCCN1CCc2ccc(S(C)(=O)=O)cc2CC1. The van der Waals surface area contributed by atoms with Crippen molar-refractivity contribution in [2.75, 3.05) is 31.6 Å². The summed E-state index contributed by atoms with van der Waals surface area (Å²) in [7, 11) is -1.23. The van der Waals surface area contributed by atoms with E-state index in [1.807, 2.05) is 35.9 Å². The van der Waals surface area contributed by atoms with E-state index < -0.39 is 9.84 Å². The van der Waals surface area contributed by atoms with Gasteiger partial charge in [0.15, 0.2) is 20.8 Å². The summed E-state index contributed by atoms with van der Waals surface area (Å²) >= 11 is 1.69. The van der Waals surface area contributed by atoms with Crippen molar-refractivity contribution in [3.8, 4) is 0 Å². The molecule has 6 nitrogen and oxygen atoms in total. The van der Waals surface area contributed by atoms with Gasteiger partial charge >= 0.3 is 0 Å². The van der Waals surface area contributed by atoms with Crippen molar-refractivity contribution in [3.63, 3.8) is 0 Å². The second-order valence-electron chi connectivity index (χ2n) is 8.53. The highest BCUT2D eigenvalue weighted by Crippen LogP contribution is 2.22. The van der Waals surface area contributed by atoms with Gasteiger partial charge in [0, 0.05) is 32.1 Å². The van der Waals surface area contributed by atoms with Gasteiger partial charge in [-0.3, -0.25) is 0 Å². The van der Waals surface area contributed by atoms with Gasteiger partial charge in [0.1, 0.15) is 5.82 Å². The molecule has 0 saturated heterocycles. The van der Waals surface area contributed by atoms with E-state index in [0.29, 0.717) is 4.90 Å². The van der Waals surface area contributed by atoms with Crippen LogP contribution in [0.1, 0.15) is 28.9 Å². The fourth-order valence-electron chi connectivity index (χ4n) is 4.00. The van der Waals surface area contributed by atoms with Crippen LogP contribution in [0.25, 0.3) is 12.2 Å². The van der Waals surface area contributed by atoms with Gasteiger partial charge in [0.05, 0.1) is 4.90 Å². The molecule has 9 heteroatoms. The van der Waals surface area contributed by atoms with E-state index in [-0.39, 0.29) is 5.82 Å². The number of nitrogens with zero attached hydrogens (tertiary/aromatic N) is 4. The van der Waals surface area contributed by atoms with Gasteiger partial charge in [-0.1, -0.05) is 36.0 Å². The van der Waals surface area contributed by atoms with Crippen LogP contribution in [-0.4, -0.2) is 59.7 Å². The number of sulfone groups is 1. The molecule has 0 radical (unpaired) electrons. The summed E-state index contributed by atoms with van der Waals surface area (Å²) in [4.78, 5) is 2.86. The summed E-state index contributed by atoms with van der Waals surface area (Å²) in [6, 6.07) is 11.9. The zero-order valence-corrected chi connectivity index (χ0v) is 21.1. The molecule has 180 valence electrons. The van der Waals surface area contributed by atoms with Crippen LogP contribution in [-0.2, 0) is 29.7 Å². The number of fused-ring (bicyclic) bond motifs is 1. The van der Waals surface area contributed by atoms with Gasteiger partial charge in [0.25, 0.3) is 0 Å². The maximum atomic E-state index is 13.0. The Morgan fingerprint density at radius 2 is 1.76 bits per heavy atom. The maximum absolute atomic E-state index is 13.0. The predicted octanol–water partition coefficient (Wildman–Crippen LogP) is 4.11. The highest BCUT2D eigenvalue weighted by molar-refractivity contribution is 7.99. The third kappa shape index (κ3) is 6.34. The first-order chi connectivity index (χ1) is 16.3. The molecule has 0 bridgehead atoms. The molecule has 1 aromatic heterocycles. The van der Waals surface area contributed by atoms with E-state index in [9.17, 15) is 12.8 Å². The lowest BCUT2D eigenvalue weighted by Crippen LogP contribution is -2.27. The van der Waals surface area contributed by atoms with Crippen LogP contribution in [0.3, 0.4) is 0 Å². The molecule has 0 N–H and O–H groups in total. The first-order valence-corrected chi connectivity index (χ1v) is 14.2. The summed E-state index contributed by atoms with van der Waals surface area (Å²) in [6.45, 7) is 2.92. The Morgan fingerprint density at radius 1 is 1.03 bits per heavy atom. The van der Waals surface area contributed by atoms with E-state index >= 15 is 0 Å². The lowest BCUT2D eigenvalue weighted by molar-refractivity contribution is 0.289. The van der Waals surface area contributed by atoms with Gasteiger partial charge in [-0.25, -0.2) is 12.8 Å². The summed E-state index contributed by atoms with van der Waals surface area (Å²) in [6.07, 6.45) is 7.89. The number of benzene rings is 2. The summed E-state index contributed by atoms with van der Waals surface area (Å²) in [5.41, 5.74) is 3.32. The minimum atomic E-state index is -3.17. The third-order valence-electron chi connectivity index (χ3n) is 6.01. The largest absolute Gasteiger partial charge is 0.306 e. The first kappa shape index (κ1) is 24.6. The molecule has 1 aliphatic heterocycles. The Balaban J connectivity index is 1.25. The highest BCUT2D eigenvalue weighted by atomic mass is 32.2. The zero-order chi connectivity index (χ0) is 24.1. The van der Waals surface area contributed by atoms with Crippen molar-refractivity contribution < 1.29 is 12.8 Å². The molecule has 0 fully saturated rings. The van der Waals surface area contributed by atoms with Crippen LogP contribution < -0.4 is 0 Å². The number of aromatic nitrogens is 3. The van der Waals surface area contributed by atoms with Crippen molar-refractivity contribution in [3.05, 3.63) is 70.8 Å². The minimum absolute atomic E-state index is 0.250. The molecule has 3 aromatic rings. The van der Waals surface area contributed by atoms with E-state index in [2.05, 4.69) is 15.1 Å². The monoisotopic (exact) mass is 500 g/mol. The van der Waals surface area contributed by atoms with Crippen LogP contribution in [0.15, 0.2) is 52.5 Å². The summed E-state index contributed by atoms with van der Waals surface area (Å²) in [5.74, 6) is 1.45. The first-order valence-electron chi connectivity index (χ1n) is 11.3. The van der Waals surface area contributed by atoms with Crippen molar-refractivity contribution in [2.24, 2.45) is 7.05 Å². The summed E-state index contributed by atoms with van der Waals surface area (Å²) < 4.78 is 38.7. The number of thioether (sulfide) groups is 1. The lowest BCUT2D eigenvalue weighted by atomic mass is 10.0. The van der Waals surface area contributed by atoms with Crippen molar-refractivity contribution in [1.29, 1.82) is 0 Å². The Kier molecular flexibility index (Phi) is 7.85. The van der Waals surface area contributed by atoms with E-state index in [1.54, 1.807) is 30.0 Å². The van der Waals surface area contributed by atoms with Crippen LogP contribution in [0.5, 0.6) is 0 Å². The molecule has 0 spiro atoms. The Hall–Kier alpha value is -2.49. The second-order valence-corrected chi connectivity index (χ2v) is 11.6. The van der Waals surface area contributed by atoms with Gasteiger partial charge < -0.3 is 9.47 Å². The molecule has 0 amide bonds. The molecule has 2 aromatic carbocycles. The molecule has 0 aliphatic carbocycles. The molecule has 1 aliphatic rings. The van der Waals surface area contributed by atoms with Gasteiger partial charge in [-0.15, -0.1) is 10.2 Å². The molecule has 0 atom stereocenters. The topological polar surface area (TPSA) is 68.1 Å². The molecule has 0 saturated carbocycles. The minimum Gasteiger partial charge on any atom is -0.306 e. The Bertz CT molecular complexity index is 1270. The Morgan fingerprint density at radius 3 is 2.50 bits per heavy atom. The highest BCUT2D eigenvalue weighted by Gasteiger charge is 2.17. The van der Waals surface area contributed by atoms with Crippen LogP contribution in [0, 0.1) is 5.82 Å². The number of rotatable bonds is 8. The molecule has 34 heavy (non-hydrogen) atoms. The number of hydrogen-bond acceptors (Lipinski definition) is 6. The fourth-order valence-corrected chi connectivity index (χ4v) is 5.51. The van der Waals surface area contributed by atoms with Crippen LogP contribution in [0.2, 0.25) is 0 Å².